The van der Waals surface area contributed by atoms with Gasteiger partial charge in [-0.05, 0) is 61.3 Å². The predicted octanol–water partition coefficient (Wildman–Crippen LogP) is 2.01. The number of nitrogens with one attached hydrogen (secondary N) is 2. The van der Waals surface area contributed by atoms with Crippen LogP contribution < -0.4 is 11.0 Å². The van der Waals surface area contributed by atoms with E-state index in [0.717, 1.165) is 42.7 Å². The van der Waals surface area contributed by atoms with E-state index in [0.29, 0.717) is 0 Å². The van der Waals surface area contributed by atoms with Crippen LogP contribution in [0.25, 0.3) is 16.7 Å². The Kier molecular flexibility index (Phi) is 2.89. The normalized spacial score (nSPS) is 14.9. The summed E-state index contributed by atoms with van der Waals surface area (Å²) in [7, 11) is 0. The smallest absolute Gasteiger partial charge is 0.316 e. The minimum absolute atomic E-state index is 0.0746. The van der Waals surface area contributed by atoms with Gasteiger partial charge in [-0.15, -0.1) is 0 Å². The molecule has 21 heavy (non-hydrogen) atoms. The van der Waals surface area contributed by atoms with Crippen LogP contribution >= 0.6 is 0 Å². The van der Waals surface area contributed by atoms with Crippen molar-refractivity contribution in [1.29, 1.82) is 0 Å². The lowest BCUT2D eigenvalue weighted by atomic mass is 10.0. The maximum Gasteiger partial charge on any atom is 0.331 e. The molecule has 3 aromatic rings. The molecule has 0 radical (unpaired) electrons. The summed E-state index contributed by atoms with van der Waals surface area (Å²) in [5, 5.41) is 3.42. The van der Waals surface area contributed by atoms with Crippen molar-refractivity contribution in [3.8, 4) is 5.69 Å². The Morgan fingerprint density at radius 2 is 1.67 bits per heavy atom. The molecule has 0 bridgehead atoms. The molecule has 2 heterocycles. The molecule has 0 saturated heterocycles. The molecule has 2 aromatic carbocycles. The largest absolute Gasteiger partial charge is 0.331 e. The van der Waals surface area contributed by atoms with Crippen molar-refractivity contribution in [3.63, 3.8) is 0 Å². The third-order valence-electron chi connectivity index (χ3n) is 4.16. The molecule has 0 fully saturated rings. The summed E-state index contributed by atoms with van der Waals surface area (Å²) in [6, 6.07) is 14.1. The van der Waals surface area contributed by atoms with E-state index in [9.17, 15) is 4.79 Å². The minimum Gasteiger partial charge on any atom is -0.316 e. The van der Waals surface area contributed by atoms with Crippen LogP contribution in [0.15, 0.2) is 47.3 Å². The van der Waals surface area contributed by atoms with Gasteiger partial charge in [0.15, 0.2) is 0 Å². The SMILES string of the molecule is O=c1[nH]c2cc3c(cc2n1-c1ccccc1)CCNCC3. The molecule has 1 aliphatic heterocycles. The van der Waals surface area contributed by atoms with Crippen LogP contribution in [0.2, 0.25) is 0 Å². The van der Waals surface area contributed by atoms with Gasteiger partial charge in [0.1, 0.15) is 0 Å². The molecule has 0 aliphatic carbocycles. The average molecular weight is 279 g/mol. The molecule has 1 aromatic heterocycles. The molecule has 106 valence electrons. The van der Waals surface area contributed by atoms with Crippen molar-refractivity contribution in [1.82, 2.24) is 14.9 Å². The summed E-state index contributed by atoms with van der Waals surface area (Å²) in [5.41, 5.74) is 5.40. The number of aromatic nitrogens is 2. The van der Waals surface area contributed by atoms with Gasteiger partial charge in [0.2, 0.25) is 0 Å². The zero-order valence-electron chi connectivity index (χ0n) is 11.7. The molecule has 1 aliphatic rings. The van der Waals surface area contributed by atoms with Crippen LogP contribution in [0.5, 0.6) is 0 Å². The number of imidazole rings is 1. The Morgan fingerprint density at radius 1 is 0.952 bits per heavy atom. The van der Waals surface area contributed by atoms with Crippen molar-refractivity contribution < 1.29 is 0 Å². The van der Waals surface area contributed by atoms with E-state index < -0.39 is 0 Å². The van der Waals surface area contributed by atoms with Gasteiger partial charge in [0.25, 0.3) is 0 Å². The lowest BCUT2D eigenvalue weighted by Gasteiger charge is -2.07. The predicted molar refractivity (Wildman–Crippen MR) is 84.2 cm³/mol. The number of hydrogen-bond acceptors (Lipinski definition) is 2. The van der Waals surface area contributed by atoms with E-state index in [2.05, 4.69) is 22.4 Å². The van der Waals surface area contributed by atoms with E-state index in [1.807, 2.05) is 30.3 Å². The zero-order valence-corrected chi connectivity index (χ0v) is 11.7. The van der Waals surface area contributed by atoms with Gasteiger partial charge in [-0.3, -0.25) is 4.57 Å². The average Bonchev–Trinajstić information content (AvgIpc) is 2.67. The first-order chi connectivity index (χ1) is 10.3. The quantitative estimate of drug-likeness (QED) is 0.716. The highest BCUT2D eigenvalue weighted by atomic mass is 16.1. The summed E-state index contributed by atoms with van der Waals surface area (Å²) in [6.45, 7) is 2.00. The third kappa shape index (κ3) is 2.08. The van der Waals surface area contributed by atoms with Gasteiger partial charge in [-0.2, -0.15) is 0 Å². The fourth-order valence-electron chi connectivity index (χ4n) is 3.11. The summed E-state index contributed by atoms with van der Waals surface area (Å²) in [4.78, 5) is 15.3. The monoisotopic (exact) mass is 279 g/mol. The van der Waals surface area contributed by atoms with Gasteiger partial charge in [0.05, 0.1) is 16.7 Å². The van der Waals surface area contributed by atoms with Crippen molar-refractivity contribution in [2.45, 2.75) is 12.8 Å². The lowest BCUT2D eigenvalue weighted by molar-refractivity contribution is 0.711. The van der Waals surface area contributed by atoms with E-state index in [1.54, 1.807) is 4.57 Å². The summed E-state index contributed by atoms with van der Waals surface area (Å²) < 4.78 is 1.76. The number of rotatable bonds is 1. The Bertz CT molecular complexity index is 846. The highest BCUT2D eigenvalue weighted by Crippen LogP contribution is 2.22. The van der Waals surface area contributed by atoms with E-state index >= 15 is 0 Å². The van der Waals surface area contributed by atoms with Crippen LogP contribution in [0.1, 0.15) is 11.1 Å². The third-order valence-corrected chi connectivity index (χ3v) is 4.16. The fourth-order valence-corrected chi connectivity index (χ4v) is 3.11. The molecule has 4 nitrogen and oxygen atoms in total. The van der Waals surface area contributed by atoms with Crippen LogP contribution in [-0.2, 0) is 12.8 Å². The van der Waals surface area contributed by atoms with Crippen LogP contribution in [0.4, 0.5) is 0 Å². The first kappa shape index (κ1) is 12.4. The van der Waals surface area contributed by atoms with Crippen molar-refractivity contribution in [3.05, 3.63) is 64.1 Å². The molecule has 0 saturated carbocycles. The Labute approximate surface area is 122 Å². The molecule has 0 unspecified atom stereocenters. The standard InChI is InChI=1S/C17H17N3O/c21-17-19-15-10-12-6-8-18-9-7-13(12)11-16(15)20(17)14-4-2-1-3-5-14/h1-5,10-11,18H,6-9H2,(H,19,21). The van der Waals surface area contributed by atoms with Crippen LogP contribution in [0.3, 0.4) is 0 Å². The van der Waals surface area contributed by atoms with Gasteiger partial charge >= 0.3 is 5.69 Å². The summed E-state index contributed by atoms with van der Waals surface area (Å²) in [6.07, 6.45) is 2.03. The minimum atomic E-state index is -0.0746. The van der Waals surface area contributed by atoms with Gasteiger partial charge in [-0.1, -0.05) is 18.2 Å². The Morgan fingerprint density at radius 3 is 2.43 bits per heavy atom. The highest BCUT2D eigenvalue weighted by molar-refractivity contribution is 5.79. The van der Waals surface area contributed by atoms with Gasteiger partial charge in [-0.25, -0.2) is 4.79 Å². The number of benzene rings is 2. The van der Waals surface area contributed by atoms with E-state index in [1.165, 1.54) is 11.1 Å². The van der Waals surface area contributed by atoms with E-state index in [4.69, 9.17) is 0 Å². The summed E-state index contributed by atoms with van der Waals surface area (Å²) in [5.74, 6) is 0. The molecular weight excluding hydrogens is 262 g/mol. The fraction of sp³-hybridized carbons (Fsp3) is 0.235. The molecule has 4 rings (SSSR count). The first-order valence-electron chi connectivity index (χ1n) is 7.35. The van der Waals surface area contributed by atoms with Crippen LogP contribution in [0, 0.1) is 0 Å². The van der Waals surface area contributed by atoms with Crippen LogP contribution in [-0.4, -0.2) is 22.6 Å². The maximum absolute atomic E-state index is 12.3. The Balaban J connectivity index is 1.98. The number of aromatic amines is 1. The Hall–Kier alpha value is -2.33. The summed E-state index contributed by atoms with van der Waals surface area (Å²) >= 11 is 0. The van der Waals surface area contributed by atoms with Crippen molar-refractivity contribution in [2.75, 3.05) is 13.1 Å². The second kappa shape index (κ2) is 4.90. The highest BCUT2D eigenvalue weighted by Gasteiger charge is 2.14. The number of nitrogens with zero attached hydrogens (tertiary/aromatic N) is 1. The topological polar surface area (TPSA) is 49.8 Å². The molecule has 2 N–H and O–H groups in total. The second-order valence-electron chi connectivity index (χ2n) is 5.49. The maximum atomic E-state index is 12.3. The lowest BCUT2D eigenvalue weighted by Crippen LogP contribution is -2.16. The molecule has 4 heteroatoms. The van der Waals surface area contributed by atoms with Gasteiger partial charge in [0, 0.05) is 0 Å². The van der Waals surface area contributed by atoms with Gasteiger partial charge < -0.3 is 10.3 Å². The first-order valence-corrected chi connectivity index (χ1v) is 7.35. The zero-order chi connectivity index (χ0) is 14.2. The van der Waals surface area contributed by atoms with Crippen molar-refractivity contribution >= 4 is 11.0 Å². The van der Waals surface area contributed by atoms with E-state index in [-0.39, 0.29) is 5.69 Å². The molecule has 0 atom stereocenters. The molecule has 0 spiro atoms. The van der Waals surface area contributed by atoms with Crippen molar-refractivity contribution in [2.24, 2.45) is 0 Å². The molecular formula is C17H17N3O. The molecule has 0 amide bonds. The number of hydrogen-bond donors (Lipinski definition) is 2. The number of H-pyrrole nitrogens is 1. The number of fused-ring (bicyclic) bond motifs is 2. The second-order valence-corrected chi connectivity index (χ2v) is 5.49. The number of para-hydroxylation sites is 1.